The molecule has 37 heavy (non-hydrogen) atoms. The summed E-state index contributed by atoms with van der Waals surface area (Å²) in [4.78, 5) is 49.7. The predicted octanol–water partition coefficient (Wildman–Crippen LogP) is 4.89. The van der Waals surface area contributed by atoms with Crippen molar-refractivity contribution in [2.75, 3.05) is 11.5 Å². The van der Waals surface area contributed by atoms with E-state index in [0.717, 1.165) is 4.90 Å². The Hall–Kier alpha value is -4.70. The van der Waals surface area contributed by atoms with Crippen LogP contribution in [0.25, 0.3) is 6.08 Å². The van der Waals surface area contributed by atoms with Crippen LogP contribution in [0.3, 0.4) is 0 Å². The van der Waals surface area contributed by atoms with Crippen molar-refractivity contribution < 1.29 is 28.8 Å². The summed E-state index contributed by atoms with van der Waals surface area (Å²) < 4.78 is 11.2. The Morgan fingerprint density at radius 3 is 2.49 bits per heavy atom. The molecule has 0 spiro atoms. The summed E-state index contributed by atoms with van der Waals surface area (Å²) in [6, 6.07) is 16.0. The third-order valence-electron chi connectivity index (χ3n) is 5.29. The Morgan fingerprint density at radius 1 is 1.03 bits per heavy atom. The van der Waals surface area contributed by atoms with Crippen LogP contribution in [0, 0.1) is 10.1 Å². The van der Waals surface area contributed by atoms with Crippen LogP contribution in [0.1, 0.15) is 18.1 Å². The van der Waals surface area contributed by atoms with Crippen molar-refractivity contribution in [1.82, 2.24) is 5.32 Å². The first-order valence-corrected chi connectivity index (χ1v) is 11.4. The van der Waals surface area contributed by atoms with Gasteiger partial charge in [-0.25, -0.2) is 9.69 Å². The molecule has 1 saturated heterocycles. The second-order valence-electron chi connectivity index (χ2n) is 7.78. The Labute approximate surface area is 216 Å². The Morgan fingerprint density at radius 2 is 1.78 bits per heavy atom. The van der Waals surface area contributed by atoms with E-state index in [4.69, 9.17) is 21.1 Å². The number of imide groups is 2. The zero-order chi connectivity index (χ0) is 26.5. The maximum atomic E-state index is 13.2. The number of barbiturate groups is 1. The highest BCUT2D eigenvalue weighted by Crippen LogP contribution is 2.29. The molecule has 1 heterocycles. The molecule has 0 aliphatic carbocycles. The van der Waals surface area contributed by atoms with E-state index < -0.39 is 22.8 Å². The van der Waals surface area contributed by atoms with Gasteiger partial charge in [-0.3, -0.25) is 25.0 Å². The van der Waals surface area contributed by atoms with E-state index in [1.165, 1.54) is 36.4 Å². The summed E-state index contributed by atoms with van der Waals surface area (Å²) in [6.07, 6.45) is 1.28. The van der Waals surface area contributed by atoms with Gasteiger partial charge in [-0.05, 0) is 61.0 Å². The van der Waals surface area contributed by atoms with Crippen LogP contribution in [-0.4, -0.2) is 29.4 Å². The van der Waals surface area contributed by atoms with E-state index in [2.05, 4.69) is 5.32 Å². The normalized spacial score (nSPS) is 14.5. The van der Waals surface area contributed by atoms with Crippen molar-refractivity contribution in [2.24, 2.45) is 0 Å². The molecule has 1 aliphatic heterocycles. The monoisotopic (exact) mass is 521 g/mol. The van der Waals surface area contributed by atoms with E-state index in [-0.39, 0.29) is 29.3 Å². The number of halogens is 1. The molecule has 1 N–H and O–H groups in total. The van der Waals surface area contributed by atoms with Crippen molar-refractivity contribution in [2.45, 2.75) is 13.5 Å². The third-order valence-corrected chi connectivity index (χ3v) is 5.53. The SMILES string of the molecule is CCOc1ccc(N2C(=O)NC(=O)/C(=C\c3cc(Cl)ccc3OCc3cccc([N+](=O)[O-])c3)C2=O)cc1. The highest BCUT2D eigenvalue weighted by Gasteiger charge is 2.37. The molecule has 3 aromatic carbocycles. The lowest BCUT2D eigenvalue weighted by atomic mass is 10.1. The fourth-order valence-electron chi connectivity index (χ4n) is 3.59. The number of nitro groups is 1. The van der Waals surface area contributed by atoms with Crippen LogP contribution in [0.2, 0.25) is 5.02 Å². The summed E-state index contributed by atoms with van der Waals surface area (Å²) in [5.41, 5.74) is 0.704. The average Bonchev–Trinajstić information content (AvgIpc) is 2.87. The number of nitrogens with zero attached hydrogens (tertiary/aromatic N) is 2. The number of anilines is 1. The fraction of sp³-hybridized carbons (Fsp3) is 0.115. The van der Waals surface area contributed by atoms with Gasteiger partial charge in [-0.1, -0.05) is 23.7 Å². The molecule has 0 radical (unpaired) electrons. The molecule has 4 amide bonds. The van der Waals surface area contributed by atoms with E-state index >= 15 is 0 Å². The van der Waals surface area contributed by atoms with Crippen molar-refractivity contribution in [3.63, 3.8) is 0 Å². The third kappa shape index (κ3) is 5.76. The molecule has 10 nitrogen and oxygen atoms in total. The molecule has 0 aromatic heterocycles. The molecule has 0 unspecified atom stereocenters. The number of rotatable bonds is 8. The Kier molecular flexibility index (Phi) is 7.49. The summed E-state index contributed by atoms with van der Waals surface area (Å²) >= 11 is 6.15. The van der Waals surface area contributed by atoms with Gasteiger partial charge in [0.15, 0.2) is 0 Å². The number of nitrogens with one attached hydrogen (secondary N) is 1. The minimum absolute atomic E-state index is 0.0174. The Bertz CT molecular complexity index is 1420. The van der Waals surface area contributed by atoms with Crippen molar-refractivity contribution in [3.05, 3.63) is 98.6 Å². The number of carbonyl (C=O) groups excluding carboxylic acids is 3. The van der Waals surface area contributed by atoms with Crippen LogP contribution in [0.4, 0.5) is 16.2 Å². The van der Waals surface area contributed by atoms with Crippen molar-refractivity contribution >= 4 is 46.9 Å². The van der Waals surface area contributed by atoms with Gasteiger partial charge in [0.2, 0.25) is 0 Å². The Balaban J connectivity index is 1.63. The molecule has 188 valence electrons. The molecule has 0 saturated carbocycles. The molecular weight excluding hydrogens is 502 g/mol. The highest BCUT2D eigenvalue weighted by molar-refractivity contribution is 6.39. The molecule has 11 heteroatoms. The van der Waals surface area contributed by atoms with E-state index in [9.17, 15) is 24.5 Å². The first-order chi connectivity index (χ1) is 17.8. The topological polar surface area (TPSA) is 128 Å². The van der Waals surface area contributed by atoms with Crippen LogP contribution in [-0.2, 0) is 16.2 Å². The average molecular weight is 522 g/mol. The predicted molar refractivity (Wildman–Crippen MR) is 135 cm³/mol. The standard InChI is InChI=1S/C26H20ClN3O7/c1-2-36-21-9-7-19(8-10-21)29-25(32)22(24(31)28-26(29)33)14-17-13-18(27)6-11-23(17)37-15-16-4-3-5-20(12-16)30(34)35/h3-14H,2,15H2,1H3,(H,28,31,33)/b22-14+. The lowest BCUT2D eigenvalue weighted by Gasteiger charge is -2.26. The van der Waals surface area contributed by atoms with E-state index in [0.29, 0.717) is 28.5 Å². The maximum absolute atomic E-state index is 13.2. The first kappa shape index (κ1) is 25.4. The van der Waals surface area contributed by atoms with Gasteiger partial charge in [0, 0.05) is 22.7 Å². The number of benzene rings is 3. The second-order valence-corrected chi connectivity index (χ2v) is 8.22. The first-order valence-electron chi connectivity index (χ1n) is 11.1. The van der Waals surface area contributed by atoms with Crippen molar-refractivity contribution in [3.8, 4) is 11.5 Å². The minimum Gasteiger partial charge on any atom is -0.494 e. The zero-order valence-electron chi connectivity index (χ0n) is 19.5. The summed E-state index contributed by atoms with van der Waals surface area (Å²) in [5.74, 6) is -0.870. The number of carbonyl (C=O) groups is 3. The quantitative estimate of drug-likeness (QED) is 0.193. The second kappa shape index (κ2) is 10.9. The highest BCUT2D eigenvalue weighted by atomic mass is 35.5. The molecule has 0 atom stereocenters. The molecule has 3 aromatic rings. The van der Waals surface area contributed by atoms with Gasteiger partial charge < -0.3 is 9.47 Å². The van der Waals surface area contributed by atoms with Crippen LogP contribution in [0.5, 0.6) is 11.5 Å². The minimum atomic E-state index is -0.885. The zero-order valence-corrected chi connectivity index (χ0v) is 20.2. The van der Waals surface area contributed by atoms with Gasteiger partial charge in [0.05, 0.1) is 17.2 Å². The largest absolute Gasteiger partial charge is 0.494 e. The number of hydrogen-bond acceptors (Lipinski definition) is 7. The maximum Gasteiger partial charge on any atom is 0.335 e. The number of amides is 4. The van der Waals surface area contributed by atoms with Crippen LogP contribution >= 0.6 is 11.6 Å². The number of hydrogen-bond donors (Lipinski definition) is 1. The van der Waals surface area contributed by atoms with E-state index in [1.54, 1.807) is 36.4 Å². The summed E-state index contributed by atoms with van der Waals surface area (Å²) in [5, 5.41) is 13.5. The smallest absolute Gasteiger partial charge is 0.335 e. The van der Waals surface area contributed by atoms with Gasteiger partial charge in [-0.15, -0.1) is 0 Å². The molecule has 1 fully saturated rings. The lowest BCUT2D eigenvalue weighted by Crippen LogP contribution is -2.54. The molecule has 1 aliphatic rings. The van der Waals surface area contributed by atoms with Gasteiger partial charge in [0.1, 0.15) is 23.7 Å². The molecular formula is C26H20ClN3O7. The van der Waals surface area contributed by atoms with Gasteiger partial charge in [-0.2, -0.15) is 0 Å². The molecule has 4 rings (SSSR count). The van der Waals surface area contributed by atoms with Crippen LogP contribution in [0.15, 0.2) is 72.3 Å². The number of non-ortho nitro benzene ring substituents is 1. The van der Waals surface area contributed by atoms with Crippen molar-refractivity contribution in [1.29, 1.82) is 0 Å². The number of nitro benzene ring substituents is 1. The van der Waals surface area contributed by atoms with Gasteiger partial charge in [0.25, 0.3) is 17.5 Å². The van der Waals surface area contributed by atoms with E-state index in [1.807, 2.05) is 6.92 Å². The summed E-state index contributed by atoms with van der Waals surface area (Å²) in [6.45, 7) is 2.27. The van der Waals surface area contributed by atoms with Gasteiger partial charge >= 0.3 is 6.03 Å². The lowest BCUT2D eigenvalue weighted by molar-refractivity contribution is -0.384. The summed E-state index contributed by atoms with van der Waals surface area (Å²) in [7, 11) is 0. The molecule has 0 bridgehead atoms. The fourth-order valence-corrected chi connectivity index (χ4v) is 3.77. The number of urea groups is 1. The number of ether oxygens (including phenoxy) is 2. The van der Waals surface area contributed by atoms with Crippen LogP contribution < -0.4 is 19.7 Å².